The second-order valence-electron chi connectivity index (χ2n) is 12.5. The first-order valence-electron chi connectivity index (χ1n) is 18.6. The van der Waals surface area contributed by atoms with Crippen LogP contribution in [0.4, 0.5) is 11.4 Å². The summed E-state index contributed by atoms with van der Waals surface area (Å²) < 4.78 is 0. The predicted molar refractivity (Wildman–Crippen MR) is 235 cm³/mol. The zero-order valence-corrected chi connectivity index (χ0v) is 35.6. The van der Waals surface area contributed by atoms with Gasteiger partial charge in [0.2, 0.25) is 23.8 Å². The molecule has 23 N–H and O–H groups in total. The van der Waals surface area contributed by atoms with Crippen LogP contribution in [0.5, 0.6) is 0 Å². The number of unbranched alkanes of at least 4 members (excludes halogenated alkanes) is 3. The second kappa shape index (κ2) is 34.5. The Morgan fingerprint density at radius 1 is 0.556 bits per heavy atom. The lowest BCUT2D eigenvalue weighted by molar-refractivity contribution is -0.164. The number of nitrogens with two attached hydrogens (primary N) is 4. The Balaban J connectivity index is 0. The van der Waals surface area contributed by atoms with Gasteiger partial charge in [0, 0.05) is 41.1 Å². The molecule has 8 atom stereocenters. The molecule has 0 aliphatic carbocycles. The minimum absolute atomic E-state index is 0.124. The van der Waals surface area contributed by atoms with Crippen LogP contribution in [0, 0.1) is 0 Å². The third kappa shape index (κ3) is 28.3. The van der Waals surface area contributed by atoms with E-state index in [-0.39, 0.29) is 30.4 Å². The highest BCUT2D eigenvalue weighted by molar-refractivity contribution is 6.31. The molecule has 0 bridgehead atoms. The molecular formula is C36H60Cl2N10O15. The van der Waals surface area contributed by atoms with Crippen molar-refractivity contribution in [2.24, 2.45) is 42.9 Å². The summed E-state index contributed by atoms with van der Waals surface area (Å²) in [7, 11) is 0. The molecule has 0 aliphatic rings. The van der Waals surface area contributed by atoms with E-state index in [2.05, 4.69) is 30.6 Å². The third-order valence-corrected chi connectivity index (χ3v) is 7.84. The molecular weight excluding hydrogens is 883 g/mol. The SMILES string of the molecule is CCO.NC(=NCCCCCCN=C(N)N=C(N)Nc1ccc(Cl)cc1)N=C(N)Nc1ccc(Cl)cc1.O=C(O)[C@H](O)[C@@H](O)[C@H](O)[C@H](O)CO.O=C(O)[C@H](O)[C@@H](O)[C@H](O)[C@H](O)CO. The van der Waals surface area contributed by atoms with E-state index in [9.17, 15) is 9.59 Å². The standard InChI is InChI=1S/C22H30Cl2N10.2C6H12O7.C2H6O/c23-15-5-9-17(10-6-15)31-21(27)33-19(25)29-13-3-1-2-4-14-30-20(26)34-22(28)32-18-11-7-16(24)8-12-18;2*7-1-2(8)3(9)4(10)5(11)6(12)13;1-2-3/h5-12H,1-4,13-14H2,(H5,25,27,29,31,33)(H5,26,28,30,32,34);2*2-5,7-11H,1H2,(H,12,13);3H,2H2,1H3/t;2*2-,3-,4+,5-;/m.11./s1. The number of anilines is 2. The monoisotopic (exact) mass is 942 g/mol. The highest BCUT2D eigenvalue weighted by atomic mass is 35.5. The second-order valence-corrected chi connectivity index (χ2v) is 13.4. The molecule has 25 nitrogen and oxygen atoms in total. The number of guanidine groups is 4. The fourth-order valence-corrected chi connectivity index (χ4v) is 4.29. The van der Waals surface area contributed by atoms with Crippen LogP contribution in [0.1, 0.15) is 32.6 Å². The Bertz CT molecular complexity index is 1580. The number of halogens is 2. The normalized spacial score (nSPS) is 15.8. The van der Waals surface area contributed by atoms with Gasteiger partial charge >= 0.3 is 11.9 Å². The number of benzene rings is 2. The first-order valence-corrected chi connectivity index (χ1v) is 19.4. The first-order chi connectivity index (χ1) is 29.6. The van der Waals surface area contributed by atoms with Crippen LogP contribution >= 0.6 is 23.2 Å². The van der Waals surface area contributed by atoms with Crippen LogP contribution < -0.4 is 33.6 Å². The fraction of sp³-hybridized carbons (Fsp3) is 0.500. The summed E-state index contributed by atoms with van der Waals surface area (Å²) >= 11 is 11.7. The number of rotatable bonds is 19. The van der Waals surface area contributed by atoms with E-state index in [0.29, 0.717) is 23.1 Å². The molecule has 0 saturated heterocycles. The maximum atomic E-state index is 10.1. The van der Waals surface area contributed by atoms with Gasteiger partial charge in [0.1, 0.15) is 36.6 Å². The zero-order valence-electron chi connectivity index (χ0n) is 34.1. The van der Waals surface area contributed by atoms with E-state index in [1.54, 1.807) is 55.5 Å². The van der Waals surface area contributed by atoms with Gasteiger partial charge in [-0.25, -0.2) is 9.59 Å². The van der Waals surface area contributed by atoms with Crippen LogP contribution in [0.15, 0.2) is 68.5 Å². The molecule has 0 amide bonds. The summed E-state index contributed by atoms with van der Waals surface area (Å²) in [5.41, 5.74) is 24.8. The Hall–Kier alpha value is -5.00. The summed E-state index contributed by atoms with van der Waals surface area (Å²) in [5.74, 6) is -2.89. The first kappa shape index (κ1) is 60.1. The van der Waals surface area contributed by atoms with E-state index >= 15 is 0 Å². The largest absolute Gasteiger partial charge is 0.479 e. The van der Waals surface area contributed by atoms with Crippen LogP contribution in [-0.2, 0) is 9.59 Å². The number of carboxylic acid groups (broad SMARTS) is 2. The van der Waals surface area contributed by atoms with Crippen molar-refractivity contribution < 1.29 is 76.0 Å². The number of nitrogens with one attached hydrogen (secondary N) is 2. The number of hydrogen-bond donors (Lipinski definition) is 19. The summed E-state index contributed by atoms with van der Waals surface area (Å²) in [6, 6.07) is 14.1. The number of carboxylic acids is 2. The lowest BCUT2D eigenvalue weighted by atomic mass is 10.0. The highest BCUT2D eigenvalue weighted by Gasteiger charge is 2.34. The number of aliphatic hydroxyl groups is 11. The van der Waals surface area contributed by atoms with E-state index in [0.717, 1.165) is 37.1 Å². The lowest BCUT2D eigenvalue weighted by Gasteiger charge is -2.23. The quantitative estimate of drug-likeness (QED) is 0.0367. The van der Waals surface area contributed by atoms with Crippen molar-refractivity contribution >= 4 is 70.4 Å². The number of aliphatic carboxylic acids is 2. The van der Waals surface area contributed by atoms with Crippen LogP contribution in [0.25, 0.3) is 0 Å². The minimum Gasteiger partial charge on any atom is -0.479 e. The van der Waals surface area contributed by atoms with Crippen molar-refractivity contribution in [3.05, 3.63) is 58.6 Å². The van der Waals surface area contributed by atoms with Gasteiger partial charge in [0.25, 0.3) is 0 Å². The van der Waals surface area contributed by atoms with Gasteiger partial charge < -0.3 is 100.0 Å². The van der Waals surface area contributed by atoms with Gasteiger partial charge in [-0.05, 0) is 68.3 Å². The average molecular weight is 944 g/mol. The van der Waals surface area contributed by atoms with Gasteiger partial charge in [-0.1, -0.05) is 36.0 Å². The summed E-state index contributed by atoms with van der Waals surface area (Å²) in [5, 5.41) is 118. The Morgan fingerprint density at radius 2 is 0.841 bits per heavy atom. The molecule has 0 heterocycles. The van der Waals surface area contributed by atoms with E-state index in [1.165, 1.54) is 0 Å². The van der Waals surface area contributed by atoms with Crippen molar-refractivity contribution in [3.63, 3.8) is 0 Å². The summed E-state index contributed by atoms with van der Waals surface area (Å²) in [6.45, 7) is 1.37. The lowest BCUT2D eigenvalue weighted by Crippen LogP contribution is -2.48. The van der Waals surface area contributed by atoms with Gasteiger partial charge in [-0.15, -0.1) is 0 Å². The fourth-order valence-electron chi connectivity index (χ4n) is 4.04. The minimum atomic E-state index is -2.20. The molecule has 63 heavy (non-hydrogen) atoms. The van der Waals surface area contributed by atoms with Crippen LogP contribution in [-0.4, -0.2) is 184 Å². The topological polar surface area (TPSA) is 475 Å². The van der Waals surface area contributed by atoms with Crippen molar-refractivity contribution in [2.75, 3.05) is 43.5 Å². The van der Waals surface area contributed by atoms with Crippen molar-refractivity contribution in [1.82, 2.24) is 0 Å². The van der Waals surface area contributed by atoms with Gasteiger partial charge in [0.05, 0.1) is 13.2 Å². The molecule has 0 saturated carbocycles. The molecule has 0 aromatic heterocycles. The number of hydrogen-bond acceptors (Lipinski definition) is 15. The van der Waals surface area contributed by atoms with Crippen molar-refractivity contribution in [1.29, 1.82) is 0 Å². The number of aliphatic hydroxyl groups excluding tert-OH is 11. The molecule has 0 spiro atoms. The van der Waals surface area contributed by atoms with Crippen molar-refractivity contribution in [3.8, 4) is 0 Å². The molecule has 358 valence electrons. The number of aliphatic imine (C=N–C) groups is 4. The maximum Gasteiger partial charge on any atom is 0.335 e. The maximum absolute atomic E-state index is 10.1. The molecule has 2 aromatic carbocycles. The third-order valence-electron chi connectivity index (χ3n) is 7.33. The van der Waals surface area contributed by atoms with Crippen LogP contribution in [0.3, 0.4) is 0 Å². The number of nitrogens with zero attached hydrogens (tertiary/aromatic N) is 4. The summed E-state index contributed by atoms with van der Waals surface area (Å²) in [6.07, 6.45) is -12.0. The van der Waals surface area contributed by atoms with Crippen LogP contribution in [0.2, 0.25) is 10.0 Å². The van der Waals surface area contributed by atoms with Gasteiger partial charge in [-0.3, -0.25) is 9.98 Å². The predicted octanol–water partition coefficient (Wildman–Crippen LogP) is -3.65. The van der Waals surface area contributed by atoms with Crippen molar-refractivity contribution in [2.45, 2.75) is 81.4 Å². The highest BCUT2D eigenvalue weighted by Crippen LogP contribution is 2.14. The average Bonchev–Trinajstić information content (AvgIpc) is 3.24. The van der Waals surface area contributed by atoms with Gasteiger partial charge in [-0.2, -0.15) is 9.98 Å². The smallest absolute Gasteiger partial charge is 0.335 e. The molecule has 0 radical (unpaired) electrons. The zero-order chi connectivity index (χ0) is 48.7. The summed E-state index contributed by atoms with van der Waals surface area (Å²) in [4.78, 5) is 36.7. The van der Waals surface area contributed by atoms with E-state index in [1.807, 2.05) is 0 Å². The van der Waals surface area contributed by atoms with E-state index < -0.39 is 74.0 Å². The number of carbonyl (C=O) groups is 2. The van der Waals surface area contributed by atoms with Gasteiger partial charge in [0.15, 0.2) is 12.2 Å². The van der Waals surface area contributed by atoms with E-state index in [4.69, 9.17) is 113 Å². The molecule has 0 fully saturated rings. The Labute approximate surface area is 372 Å². The molecule has 0 unspecified atom stereocenters. The molecule has 2 aromatic rings. The molecule has 2 rings (SSSR count). The Morgan fingerprint density at radius 3 is 1.10 bits per heavy atom. The Kier molecular flexibility index (Phi) is 32.9. The molecule has 0 aliphatic heterocycles. The molecule has 27 heteroatoms.